The van der Waals surface area contributed by atoms with Crippen molar-refractivity contribution in [2.45, 2.75) is 13.3 Å². The molecule has 0 aliphatic carbocycles. The maximum Gasteiger partial charge on any atom is 0.315 e. The van der Waals surface area contributed by atoms with E-state index >= 15 is 0 Å². The SMILES string of the molecule is COc1ccc(CCNC(=O)C(=O)Nc2nc(C)cs2)cc1OC. The lowest BCUT2D eigenvalue weighted by Crippen LogP contribution is -2.36. The van der Waals surface area contributed by atoms with Crippen LogP contribution in [0, 0.1) is 6.92 Å². The fraction of sp³-hybridized carbons (Fsp3) is 0.312. The molecule has 0 spiro atoms. The number of ether oxygens (including phenoxy) is 2. The molecular weight excluding hydrogens is 330 g/mol. The van der Waals surface area contributed by atoms with Gasteiger partial charge in [-0.3, -0.25) is 14.9 Å². The number of aryl methyl sites for hydroxylation is 1. The molecule has 0 saturated carbocycles. The predicted octanol–water partition coefficient (Wildman–Crippen LogP) is 1.77. The second-order valence-corrected chi connectivity index (χ2v) is 5.80. The van der Waals surface area contributed by atoms with E-state index in [2.05, 4.69) is 15.6 Å². The van der Waals surface area contributed by atoms with Crippen LogP contribution in [0.3, 0.4) is 0 Å². The third-order valence-corrected chi connectivity index (χ3v) is 4.07. The first-order chi connectivity index (χ1) is 11.5. The van der Waals surface area contributed by atoms with Crippen LogP contribution in [0.4, 0.5) is 5.13 Å². The lowest BCUT2D eigenvalue weighted by Gasteiger charge is -2.10. The number of rotatable bonds is 6. The first-order valence-electron chi connectivity index (χ1n) is 7.25. The zero-order chi connectivity index (χ0) is 17.5. The van der Waals surface area contributed by atoms with Gasteiger partial charge in [-0.05, 0) is 31.0 Å². The van der Waals surface area contributed by atoms with Crippen molar-refractivity contribution in [2.75, 3.05) is 26.1 Å². The topological polar surface area (TPSA) is 89.5 Å². The second-order valence-electron chi connectivity index (χ2n) is 4.94. The van der Waals surface area contributed by atoms with Crippen molar-refractivity contribution >= 4 is 28.3 Å². The van der Waals surface area contributed by atoms with Crippen LogP contribution in [-0.2, 0) is 16.0 Å². The molecule has 0 atom stereocenters. The Bertz CT molecular complexity index is 730. The maximum absolute atomic E-state index is 11.8. The summed E-state index contributed by atoms with van der Waals surface area (Å²) in [5.74, 6) is -0.151. The Hall–Kier alpha value is -2.61. The summed E-state index contributed by atoms with van der Waals surface area (Å²) in [7, 11) is 3.13. The highest BCUT2D eigenvalue weighted by Gasteiger charge is 2.14. The van der Waals surface area contributed by atoms with Crippen LogP contribution in [0.15, 0.2) is 23.6 Å². The minimum atomic E-state index is -0.725. The molecule has 0 saturated heterocycles. The van der Waals surface area contributed by atoms with Gasteiger partial charge in [0.25, 0.3) is 0 Å². The third-order valence-electron chi connectivity index (χ3n) is 3.19. The van der Waals surface area contributed by atoms with Crippen LogP contribution < -0.4 is 20.1 Å². The number of nitrogens with zero attached hydrogens (tertiary/aromatic N) is 1. The minimum absolute atomic E-state index is 0.332. The van der Waals surface area contributed by atoms with Crippen molar-refractivity contribution in [3.8, 4) is 11.5 Å². The van der Waals surface area contributed by atoms with Gasteiger partial charge >= 0.3 is 11.8 Å². The van der Waals surface area contributed by atoms with Crippen molar-refractivity contribution in [2.24, 2.45) is 0 Å². The Kier molecular flexibility index (Phi) is 6.14. The molecule has 2 rings (SSSR count). The van der Waals surface area contributed by atoms with Crippen LogP contribution >= 0.6 is 11.3 Å². The van der Waals surface area contributed by atoms with Crippen molar-refractivity contribution in [1.82, 2.24) is 10.3 Å². The van der Waals surface area contributed by atoms with Gasteiger partial charge in [0.1, 0.15) is 0 Å². The summed E-state index contributed by atoms with van der Waals surface area (Å²) in [6.45, 7) is 2.15. The molecule has 1 aromatic carbocycles. The number of hydrogen-bond acceptors (Lipinski definition) is 6. The lowest BCUT2D eigenvalue weighted by molar-refractivity contribution is -0.136. The normalized spacial score (nSPS) is 10.1. The predicted molar refractivity (Wildman–Crippen MR) is 91.7 cm³/mol. The number of methoxy groups -OCH3 is 2. The number of amides is 2. The standard InChI is InChI=1S/C16H19N3O4S/c1-10-9-24-16(18-10)19-15(21)14(20)17-7-6-11-4-5-12(22-2)13(8-11)23-3/h4-5,8-9H,6-7H2,1-3H3,(H,17,20)(H,18,19,21). The van der Waals surface area contributed by atoms with Crippen molar-refractivity contribution in [3.63, 3.8) is 0 Å². The highest BCUT2D eigenvalue weighted by molar-refractivity contribution is 7.14. The number of benzene rings is 1. The number of hydrogen-bond donors (Lipinski definition) is 2. The fourth-order valence-corrected chi connectivity index (χ4v) is 2.69. The van der Waals surface area contributed by atoms with E-state index in [4.69, 9.17) is 9.47 Å². The van der Waals surface area contributed by atoms with Gasteiger partial charge in [0.2, 0.25) is 0 Å². The summed E-state index contributed by atoms with van der Waals surface area (Å²) in [4.78, 5) is 27.6. The summed E-state index contributed by atoms with van der Waals surface area (Å²) in [6, 6.07) is 5.52. The summed E-state index contributed by atoms with van der Waals surface area (Å²) in [5, 5.41) is 7.25. The number of carbonyl (C=O) groups excluding carboxylic acids is 2. The van der Waals surface area contributed by atoms with E-state index in [0.717, 1.165) is 11.3 Å². The molecule has 0 bridgehead atoms. The number of thiazole rings is 1. The molecule has 0 aliphatic rings. The Balaban J connectivity index is 1.82. The van der Waals surface area contributed by atoms with E-state index in [1.807, 2.05) is 19.1 Å². The molecule has 0 unspecified atom stereocenters. The summed E-state index contributed by atoms with van der Waals surface area (Å²) >= 11 is 1.27. The Labute approximate surface area is 144 Å². The van der Waals surface area contributed by atoms with Gasteiger partial charge in [0.15, 0.2) is 16.6 Å². The van der Waals surface area contributed by atoms with Crippen LogP contribution in [0.1, 0.15) is 11.3 Å². The molecule has 2 N–H and O–H groups in total. The first kappa shape index (κ1) is 17.7. The van der Waals surface area contributed by atoms with Crippen LogP contribution in [0.2, 0.25) is 0 Å². The highest BCUT2D eigenvalue weighted by atomic mass is 32.1. The zero-order valence-electron chi connectivity index (χ0n) is 13.7. The van der Waals surface area contributed by atoms with E-state index in [9.17, 15) is 9.59 Å². The van der Waals surface area contributed by atoms with Gasteiger partial charge in [-0.25, -0.2) is 4.98 Å². The second kappa shape index (κ2) is 8.30. The molecule has 1 heterocycles. The van der Waals surface area contributed by atoms with E-state index in [-0.39, 0.29) is 0 Å². The molecule has 0 radical (unpaired) electrons. The van der Waals surface area contributed by atoms with E-state index in [0.29, 0.717) is 29.6 Å². The van der Waals surface area contributed by atoms with Gasteiger partial charge in [0, 0.05) is 11.9 Å². The molecule has 1 aromatic heterocycles. The van der Waals surface area contributed by atoms with E-state index in [1.165, 1.54) is 11.3 Å². The van der Waals surface area contributed by atoms with Gasteiger partial charge in [0.05, 0.1) is 19.9 Å². The highest BCUT2D eigenvalue weighted by Crippen LogP contribution is 2.27. The number of anilines is 1. The number of carbonyl (C=O) groups is 2. The summed E-state index contributed by atoms with van der Waals surface area (Å²) < 4.78 is 10.4. The smallest absolute Gasteiger partial charge is 0.315 e. The third kappa shape index (κ3) is 4.69. The van der Waals surface area contributed by atoms with Crippen molar-refractivity contribution in [1.29, 1.82) is 0 Å². The van der Waals surface area contributed by atoms with E-state index < -0.39 is 11.8 Å². The molecule has 24 heavy (non-hydrogen) atoms. The van der Waals surface area contributed by atoms with Gasteiger partial charge in [-0.2, -0.15) is 0 Å². The van der Waals surface area contributed by atoms with Gasteiger partial charge < -0.3 is 14.8 Å². The van der Waals surface area contributed by atoms with Crippen LogP contribution in [-0.4, -0.2) is 37.6 Å². The summed E-state index contributed by atoms with van der Waals surface area (Å²) in [5.41, 5.74) is 1.76. The van der Waals surface area contributed by atoms with Crippen LogP contribution in [0.25, 0.3) is 0 Å². The minimum Gasteiger partial charge on any atom is -0.493 e. The molecule has 0 aliphatic heterocycles. The molecule has 0 fully saturated rings. The molecular formula is C16H19N3O4S. The van der Waals surface area contributed by atoms with E-state index in [1.54, 1.807) is 25.7 Å². The van der Waals surface area contributed by atoms with Gasteiger partial charge in [-0.1, -0.05) is 6.07 Å². The van der Waals surface area contributed by atoms with Gasteiger partial charge in [-0.15, -0.1) is 11.3 Å². The molecule has 2 aromatic rings. The maximum atomic E-state index is 11.8. The Morgan fingerprint density at radius 3 is 2.54 bits per heavy atom. The Morgan fingerprint density at radius 1 is 1.17 bits per heavy atom. The monoisotopic (exact) mass is 349 g/mol. The lowest BCUT2D eigenvalue weighted by atomic mass is 10.1. The molecule has 8 heteroatoms. The summed E-state index contributed by atoms with van der Waals surface area (Å²) in [6.07, 6.45) is 0.565. The quantitative estimate of drug-likeness (QED) is 0.776. The molecule has 2 amide bonds. The fourth-order valence-electron chi connectivity index (χ4n) is 2.00. The average molecular weight is 349 g/mol. The number of aromatic nitrogens is 1. The largest absolute Gasteiger partial charge is 0.493 e. The average Bonchev–Trinajstić information content (AvgIpc) is 2.99. The van der Waals surface area contributed by atoms with Crippen LogP contribution in [0.5, 0.6) is 11.5 Å². The zero-order valence-corrected chi connectivity index (χ0v) is 14.5. The van der Waals surface area contributed by atoms with Crippen molar-refractivity contribution < 1.29 is 19.1 Å². The molecule has 128 valence electrons. The Morgan fingerprint density at radius 2 is 1.92 bits per heavy atom. The van der Waals surface area contributed by atoms with Crippen molar-refractivity contribution in [3.05, 3.63) is 34.8 Å². The number of nitrogens with one attached hydrogen (secondary N) is 2. The first-order valence-corrected chi connectivity index (χ1v) is 8.13. The molecule has 7 nitrogen and oxygen atoms in total.